The van der Waals surface area contributed by atoms with E-state index in [4.69, 9.17) is 11.6 Å². The molecule has 0 N–H and O–H groups in total. The number of imidazole rings is 1. The molecule has 0 radical (unpaired) electrons. The van der Waals surface area contributed by atoms with Crippen molar-refractivity contribution >= 4 is 17.2 Å². The summed E-state index contributed by atoms with van der Waals surface area (Å²) in [5.41, 5.74) is -0.287. The van der Waals surface area contributed by atoms with E-state index in [0.29, 0.717) is 12.0 Å². The molecule has 2 nitrogen and oxygen atoms in total. The highest BCUT2D eigenvalue weighted by molar-refractivity contribution is 6.29. The van der Waals surface area contributed by atoms with E-state index in [2.05, 4.69) is 4.98 Å². The van der Waals surface area contributed by atoms with Crippen LogP contribution in [0, 0.1) is 0 Å². The molecule has 0 aliphatic rings. The number of hydrogen-bond acceptors (Lipinski definition) is 1. The molecule has 0 saturated carbocycles. The van der Waals surface area contributed by atoms with Gasteiger partial charge in [-0.15, -0.1) is 0 Å². The summed E-state index contributed by atoms with van der Waals surface area (Å²) in [4.78, 5) is 3.70. The summed E-state index contributed by atoms with van der Waals surface area (Å²) in [6.07, 6.45) is -0.242. The highest BCUT2D eigenvalue weighted by Gasteiger charge is 2.34. The van der Waals surface area contributed by atoms with Crippen molar-refractivity contribution in [3.63, 3.8) is 0 Å². The maximum Gasteiger partial charge on any atom is 0.419 e. The third-order valence-electron chi connectivity index (χ3n) is 2.46. The highest BCUT2D eigenvalue weighted by Crippen LogP contribution is 2.33. The molecule has 0 amide bonds. The monoisotopic (exact) mass is 262 g/mol. The van der Waals surface area contributed by atoms with Crippen LogP contribution in [0.4, 0.5) is 13.2 Å². The van der Waals surface area contributed by atoms with Crippen LogP contribution in [0.25, 0.3) is 5.65 Å². The minimum absolute atomic E-state index is 0.151. The third kappa shape index (κ3) is 2.24. The normalized spacial score (nSPS) is 12.3. The first kappa shape index (κ1) is 12.2. The quantitative estimate of drug-likeness (QED) is 0.801. The average molecular weight is 263 g/mol. The van der Waals surface area contributed by atoms with Gasteiger partial charge in [-0.1, -0.05) is 24.9 Å². The lowest BCUT2D eigenvalue weighted by Crippen LogP contribution is -2.09. The summed E-state index contributed by atoms with van der Waals surface area (Å²) in [5.74, 6) is 0. The van der Waals surface area contributed by atoms with E-state index in [1.807, 2.05) is 6.92 Å². The van der Waals surface area contributed by atoms with Crippen molar-refractivity contribution in [3.8, 4) is 0 Å². The molecule has 2 heterocycles. The Morgan fingerprint density at radius 1 is 1.41 bits per heavy atom. The van der Waals surface area contributed by atoms with Crippen LogP contribution in [0.15, 0.2) is 18.5 Å². The fraction of sp³-hybridized carbons (Fsp3) is 0.364. The minimum Gasteiger partial charge on any atom is -0.290 e. The predicted octanol–water partition coefficient (Wildman–Crippen LogP) is 3.96. The maximum absolute atomic E-state index is 12.9. The molecule has 2 rings (SSSR count). The number of aryl methyl sites for hydroxylation is 1. The van der Waals surface area contributed by atoms with Crippen molar-refractivity contribution < 1.29 is 13.2 Å². The first-order valence-corrected chi connectivity index (χ1v) is 5.54. The number of aromatic nitrogens is 2. The maximum atomic E-state index is 12.9. The second-order valence-electron chi connectivity index (χ2n) is 3.78. The molecular weight excluding hydrogens is 253 g/mol. The molecule has 0 fully saturated rings. The third-order valence-corrected chi connectivity index (χ3v) is 2.74. The van der Waals surface area contributed by atoms with Gasteiger partial charge in [0, 0.05) is 6.20 Å². The van der Waals surface area contributed by atoms with E-state index in [1.54, 1.807) is 6.20 Å². The molecule has 0 spiro atoms. The largest absolute Gasteiger partial charge is 0.419 e. The van der Waals surface area contributed by atoms with Crippen molar-refractivity contribution in [1.82, 2.24) is 9.38 Å². The molecule has 6 heteroatoms. The van der Waals surface area contributed by atoms with Crippen molar-refractivity contribution in [2.45, 2.75) is 25.9 Å². The number of hydrogen-bond donors (Lipinski definition) is 0. The van der Waals surface area contributed by atoms with Gasteiger partial charge in [0.15, 0.2) is 0 Å². The predicted molar refractivity (Wildman–Crippen MR) is 59.2 cm³/mol. The van der Waals surface area contributed by atoms with E-state index in [-0.39, 0.29) is 10.8 Å². The smallest absolute Gasteiger partial charge is 0.290 e. The van der Waals surface area contributed by atoms with E-state index in [9.17, 15) is 13.2 Å². The Morgan fingerprint density at radius 3 is 2.71 bits per heavy atom. The molecule has 0 bridgehead atoms. The molecule has 0 saturated heterocycles. The molecule has 0 atom stereocenters. The van der Waals surface area contributed by atoms with Crippen molar-refractivity contribution in [1.29, 1.82) is 0 Å². The highest BCUT2D eigenvalue weighted by atomic mass is 35.5. The SMILES string of the molecule is CCCc1cc(C(F)(F)F)c2ncc(Cl)n2c1. The average Bonchev–Trinajstić information content (AvgIpc) is 2.59. The van der Waals surface area contributed by atoms with Crippen LogP contribution in [0.1, 0.15) is 24.5 Å². The molecule has 17 heavy (non-hydrogen) atoms. The zero-order valence-electron chi connectivity index (χ0n) is 9.05. The van der Waals surface area contributed by atoms with E-state index >= 15 is 0 Å². The molecule has 0 aliphatic heterocycles. The van der Waals surface area contributed by atoms with Crippen LogP contribution in [-0.2, 0) is 12.6 Å². The van der Waals surface area contributed by atoms with Gasteiger partial charge in [0.2, 0.25) is 0 Å². The van der Waals surface area contributed by atoms with Gasteiger partial charge in [0.25, 0.3) is 0 Å². The summed E-state index contributed by atoms with van der Waals surface area (Å²) < 4.78 is 39.8. The number of alkyl halides is 3. The number of fused-ring (bicyclic) bond motifs is 1. The lowest BCUT2D eigenvalue weighted by Gasteiger charge is -2.11. The van der Waals surface area contributed by atoms with Crippen molar-refractivity contribution in [3.05, 3.63) is 34.7 Å². The molecule has 92 valence electrons. The van der Waals surface area contributed by atoms with Gasteiger partial charge >= 0.3 is 6.18 Å². The molecule has 2 aromatic heterocycles. The van der Waals surface area contributed by atoms with E-state index in [0.717, 1.165) is 12.5 Å². The summed E-state index contributed by atoms with van der Waals surface area (Å²) >= 11 is 5.80. The topological polar surface area (TPSA) is 17.3 Å². The van der Waals surface area contributed by atoms with Crippen LogP contribution in [0.3, 0.4) is 0 Å². The molecule has 2 aromatic rings. The molecule has 0 aromatic carbocycles. The molecular formula is C11H10ClF3N2. The molecule has 0 unspecified atom stereocenters. The number of halogens is 4. The van der Waals surface area contributed by atoms with Gasteiger partial charge in [0.05, 0.1) is 11.8 Å². The van der Waals surface area contributed by atoms with Gasteiger partial charge in [-0.3, -0.25) is 4.40 Å². The Balaban J connectivity index is 2.71. The first-order valence-electron chi connectivity index (χ1n) is 5.16. The van der Waals surface area contributed by atoms with Gasteiger partial charge in [0.1, 0.15) is 10.8 Å². The fourth-order valence-electron chi connectivity index (χ4n) is 1.75. The van der Waals surface area contributed by atoms with Crippen molar-refractivity contribution in [2.24, 2.45) is 0 Å². The number of pyridine rings is 1. The van der Waals surface area contributed by atoms with Gasteiger partial charge in [-0.2, -0.15) is 13.2 Å². The van der Waals surface area contributed by atoms with Crippen molar-refractivity contribution in [2.75, 3.05) is 0 Å². The van der Waals surface area contributed by atoms with Gasteiger partial charge in [-0.05, 0) is 18.1 Å². The Morgan fingerprint density at radius 2 is 2.12 bits per heavy atom. The standard InChI is InChI=1S/C11H10ClF3N2/c1-2-3-7-4-8(11(13,14)15)10-16-5-9(12)17(10)6-7/h4-6H,2-3H2,1H3. The van der Waals surface area contributed by atoms with Crippen LogP contribution < -0.4 is 0 Å². The summed E-state index contributed by atoms with van der Waals surface area (Å²) in [5, 5.41) is 0.184. The Bertz CT molecular complexity index is 545. The zero-order chi connectivity index (χ0) is 12.6. The van der Waals surface area contributed by atoms with Gasteiger partial charge < -0.3 is 0 Å². The lowest BCUT2D eigenvalue weighted by atomic mass is 10.1. The van der Waals surface area contributed by atoms with Crippen LogP contribution in [0.5, 0.6) is 0 Å². The van der Waals surface area contributed by atoms with E-state index in [1.165, 1.54) is 10.6 Å². The lowest BCUT2D eigenvalue weighted by molar-refractivity contribution is -0.136. The number of nitrogens with zero attached hydrogens (tertiary/aromatic N) is 2. The fourth-order valence-corrected chi connectivity index (χ4v) is 1.93. The Hall–Kier alpha value is -1.23. The van der Waals surface area contributed by atoms with E-state index < -0.39 is 11.7 Å². The second-order valence-corrected chi connectivity index (χ2v) is 4.17. The Labute approximate surface area is 101 Å². The summed E-state index contributed by atoms with van der Waals surface area (Å²) in [6.45, 7) is 1.91. The minimum atomic E-state index is -4.42. The number of rotatable bonds is 2. The summed E-state index contributed by atoms with van der Waals surface area (Å²) in [7, 11) is 0. The summed E-state index contributed by atoms with van der Waals surface area (Å²) in [6, 6.07) is 1.14. The first-order chi connectivity index (χ1) is 7.93. The Kier molecular flexibility index (Phi) is 3.03. The zero-order valence-corrected chi connectivity index (χ0v) is 9.81. The van der Waals surface area contributed by atoms with Gasteiger partial charge in [-0.25, -0.2) is 4.98 Å². The second kappa shape index (κ2) is 4.22. The van der Waals surface area contributed by atoms with Crippen LogP contribution in [-0.4, -0.2) is 9.38 Å². The van der Waals surface area contributed by atoms with Crippen LogP contribution >= 0.6 is 11.6 Å². The molecule has 0 aliphatic carbocycles. The van der Waals surface area contributed by atoms with Crippen LogP contribution in [0.2, 0.25) is 5.15 Å².